The molecule has 1 unspecified atom stereocenters. The van der Waals surface area contributed by atoms with E-state index in [1.54, 1.807) is 60.7 Å². The molecule has 0 radical (unpaired) electrons. The minimum Gasteiger partial charge on any atom is -0.478 e. The van der Waals surface area contributed by atoms with Gasteiger partial charge in [0.1, 0.15) is 10.6 Å². The molecule has 0 saturated carbocycles. The number of hydrogen-bond donors (Lipinski definition) is 3. The summed E-state index contributed by atoms with van der Waals surface area (Å²) in [5, 5.41) is 19.0. The molecule has 0 saturated heterocycles. The van der Waals surface area contributed by atoms with Crippen LogP contribution in [0.4, 0.5) is 0 Å². The second kappa shape index (κ2) is 13.8. The quantitative estimate of drug-likeness (QED) is 0.109. The van der Waals surface area contributed by atoms with Gasteiger partial charge < -0.3 is 14.4 Å². The molecule has 3 N–H and O–H groups in total. The first kappa shape index (κ1) is 32.8. The molecule has 12 heteroatoms. The Hall–Kier alpha value is -5.56. The van der Waals surface area contributed by atoms with Crippen LogP contribution in [-0.2, 0) is 29.7 Å². The zero-order valence-electron chi connectivity index (χ0n) is 24.4. The minimum absolute atomic E-state index is 0.0988. The van der Waals surface area contributed by atoms with Crippen LogP contribution < -0.4 is 8.91 Å². The second-order valence-corrected chi connectivity index (χ2v) is 13.4. The number of hydrogen-bond acceptors (Lipinski definition) is 7. The Labute approximate surface area is 271 Å². The van der Waals surface area contributed by atoms with E-state index in [1.807, 2.05) is 0 Å². The zero-order chi connectivity index (χ0) is 33.6. The van der Waals surface area contributed by atoms with Crippen LogP contribution in [0.1, 0.15) is 28.3 Å². The maximum absolute atomic E-state index is 13.8. The van der Waals surface area contributed by atoms with Crippen LogP contribution in [0.3, 0.4) is 0 Å². The van der Waals surface area contributed by atoms with Crippen molar-refractivity contribution in [2.45, 2.75) is 15.8 Å². The number of nitrogens with one attached hydrogen (secondary N) is 1. The Balaban J connectivity index is 1.59. The number of benzene rings is 5. The normalized spacial score (nSPS) is 12.8. The predicted molar refractivity (Wildman–Crippen MR) is 177 cm³/mol. The van der Waals surface area contributed by atoms with Gasteiger partial charge in [0.2, 0.25) is 10.0 Å². The van der Waals surface area contributed by atoms with Gasteiger partial charge in [-0.2, -0.15) is 13.1 Å². The van der Waals surface area contributed by atoms with Crippen LogP contribution in [0.2, 0.25) is 0 Å². The van der Waals surface area contributed by atoms with Crippen molar-refractivity contribution in [1.29, 1.82) is 0 Å². The van der Waals surface area contributed by atoms with Gasteiger partial charge >= 0.3 is 22.1 Å². The average Bonchev–Trinajstić information content (AvgIpc) is 3.06. The third kappa shape index (κ3) is 8.00. The van der Waals surface area contributed by atoms with Crippen molar-refractivity contribution in [2.24, 2.45) is 0 Å². The summed E-state index contributed by atoms with van der Waals surface area (Å²) >= 11 is 0. The van der Waals surface area contributed by atoms with Gasteiger partial charge in [-0.1, -0.05) is 84.9 Å². The van der Waals surface area contributed by atoms with Gasteiger partial charge in [0.05, 0.1) is 10.9 Å². The summed E-state index contributed by atoms with van der Waals surface area (Å²) in [5.41, 5.74) is 1.70. The summed E-state index contributed by atoms with van der Waals surface area (Å²) in [4.78, 5) is 21.4. The second-order valence-electron chi connectivity index (χ2n) is 10.2. The molecule has 0 amide bonds. The first-order valence-corrected chi connectivity index (χ1v) is 16.9. The van der Waals surface area contributed by atoms with Crippen LogP contribution in [0.5, 0.6) is 5.75 Å². The molecule has 0 spiro atoms. The van der Waals surface area contributed by atoms with Crippen molar-refractivity contribution in [3.63, 3.8) is 0 Å². The van der Waals surface area contributed by atoms with Crippen molar-refractivity contribution >= 4 is 55.0 Å². The highest BCUT2D eigenvalue weighted by atomic mass is 32.2. The summed E-state index contributed by atoms with van der Waals surface area (Å²) < 4.78 is 63.2. The highest BCUT2D eigenvalue weighted by Gasteiger charge is 2.29. The molecule has 10 nitrogen and oxygen atoms in total. The topological polar surface area (TPSA) is 164 Å². The molecule has 0 bridgehead atoms. The molecule has 0 aliphatic rings. The van der Waals surface area contributed by atoms with E-state index in [0.717, 1.165) is 12.2 Å². The molecule has 238 valence electrons. The lowest BCUT2D eigenvalue weighted by atomic mass is 9.93. The van der Waals surface area contributed by atoms with Gasteiger partial charge in [0.25, 0.3) is 0 Å². The van der Waals surface area contributed by atoms with E-state index in [-0.39, 0.29) is 21.1 Å². The summed E-state index contributed by atoms with van der Waals surface area (Å²) in [5.74, 6) is -2.40. The number of fused-ring (bicyclic) bond motifs is 1. The minimum atomic E-state index is -4.45. The number of carbonyl (C=O) groups is 2. The Morgan fingerprint density at radius 3 is 1.74 bits per heavy atom. The van der Waals surface area contributed by atoms with Crippen molar-refractivity contribution < 1.29 is 40.8 Å². The maximum Gasteiger partial charge on any atom is 0.339 e. The number of carboxylic acid groups (broad SMARTS) is 2. The van der Waals surface area contributed by atoms with Gasteiger partial charge in [0.15, 0.2) is 0 Å². The van der Waals surface area contributed by atoms with Crippen LogP contribution in [0.25, 0.3) is 22.9 Å². The van der Waals surface area contributed by atoms with Gasteiger partial charge in [-0.3, -0.25) is 0 Å². The van der Waals surface area contributed by atoms with Gasteiger partial charge in [-0.05, 0) is 69.9 Å². The molecule has 0 aliphatic carbocycles. The van der Waals surface area contributed by atoms with Crippen LogP contribution in [-0.4, -0.2) is 39.0 Å². The first-order chi connectivity index (χ1) is 22.4. The average molecular weight is 670 g/mol. The lowest BCUT2D eigenvalue weighted by Gasteiger charge is -2.24. The van der Waals surface area contributed by atoms with E-state index in [0.29, 0.717) is 27.5 Å². The third-order valence-electron chi connectivity index (χ3n) is 7.02. The fourth-order valence-corrected chi connectivity index (χ4v) is 6.96. The molecule has 5 aromatic rings. The monoisotopic (exact) mass is 669 g/mol. The largest absolute Gasteiger partial charge is 0.478 e. The molecule has 0 aliphatic heterocycles. The molecule has 0 aromatic heterocycles. The first-order valence-electron chi connectivity index (χ1n) is 14.0. The molecular formula is C35H27NO9S2. The summed E-state index contributed by atoms with van der Waals surface area (Å²) in [6.45, 7) is 0. The standard InChI is InChI=1S/C35H27NO9S2/c37-32(38)22-14-24-10-17-28(18-11-24)46(41,42)36-35(27-7-2-1-3-8-27)34-30-9-5-4-6-26(30)16-21-31(34)45-47(43,44)29-19-12-25(13-20-29)15-23-33(39)40/h1-23,35-36H,(H,37,38)(H,39,40)/b22-14+,23-15+. The Kier molecular flexibility index (Phi) is 9.66. The van der Waals surface area contributed by atoms with E-state index in [9.17, 15) is 26.4 Å². The Morgan fingerprint density at radius 1 is 0.638 bits per heavy atom. The molecule has 0 heterocycles. The summed E-state index contributed by atoms with van der Waals surface area (Å²) in [7, 11) is -8.69. The number of carboxylic acids is 2. The van der Waals surface area contributed by atoms with E-state index in [2.05, 4.69) is 4.72 Å². The van der Waals surface area contributed by atoms with Gasteiger partial charge in [0, 0.05) is 17.7 Å². The highest BCUT2D eigenvalue weighted by Crippen LogP contribution is 2.38. The van der Waals surface area contributed by atoms with Crippen LogP contribution in [0, 0.1) is 0 Å². The smallest absolute Gasteiger partial charge is 0.339 e. The van der Waals surface area contributed by atoms with E-state index in [4.69, 9.17) is 14.4 Å². The molecule has 47 heavy (non-hydrogen) atoms. The SMILES string of the molecule is O=C(O)/C=C/c1ccc(S(=O)(=O)NC(c2ccccc2)c2c(OS(=O)(=O)c3ccc(/C=C/C(=O)O)cc3)ccc3ccccc23)cc1. The fourth-order valence-electron chi connectivity index (χ4n) is 4.81. The lowest BCUT2D eigenvalue weighted by molar-refractivity contribution is -0.132. The Bertz CT molecular complexity index is 2210. The maximum atomic E-state index is 13.8. The van der Waals surface area contributed by atoms with E-state index >= 15 is 0 Å². The Morgan fingerprint density at radius 2 is 1.17 bits per heavy atom. The van der Waals surface area contributed by atoms with E-state index < -0.39 is 38.1 Å². The van der Waals surface area contributed by atoms with Crippen LogP contribution in [0.15, 0.2) is 137 Å². The predicted octanol–water partition coefficient (Wildman–Crippen LogP) is 5.87. The molecule has 5 rings (SSSR count). The molecular weight excluding hydrogens is 643 g/mol. The van der Waals surface area contributed by atoms with Gasteiger partial charge in [-0.25, -0.2) is 18.0 Å². The molecule has 5 aromatic carbocycles. The van der Waals surface area contributed by atoms with Crippen molar-refractivity contribution in [2.75, 3.05) is 0 Å². The van der Waals surface area contributed by atoms with Gasteiger partial charge in [-0.15, -0.1) is 0 Å². The number of sulfonamides is 1. The third-order valence-corrected chi connectivity index (χ3v) is 9.71. The van der Waals surface area contributed by atoms with Crippen LogP contribution >= 0.6 is 0 Å². The zero-order valence-corrected chi connectivity index (χ0v) is 26.1. The lowest BCUT2D eigenvalue weighted by Crippen LogP contribution is -2.30. The molecule has 0 fully saturated rings. The van der Waals surface area contributed by atoms with Crippen molar-refractivity contribution in [3.05, 3.63) is 150 Å². The molecule has 1 atom stereocenters. The van der Waals surface area contributed by atoms with E-state index in [1.165, 1.54) is 66.7 Å². The van der Waals surface area contributed by atoms with Crippen molar-refractivity contribution in [3.8, 4) is 5.75 Å². The number of rotatable bonds is 12. The highest BCUT2D eigenvalue weighted by molar-refractivity contribution is 7.89. The summed E-state index contributed by atoms with van der Waals surface area (Å²) in [6, 6.07) is 28.8. The fraction of sp³-hybridized carbons (Fsp3) is 0.0286. The summed E-state index contributed by atoms with van der Waals surface area (Å²) in [6.07, 6.45) is 4.52. The number of aliphatic carboxylic acids is 2. The van der Waals surface area contributed by atoms with Crippen molar-refractivity contribution in [1.82, 2.24) is 4.72 Å².